The molecule has 6 heteroatoms. The minimum Gasteiger partial charge on any atom is -0.472 e. The Labute approximate surface area is 151 Å². The van der Waals surface area contributed by atoms with Gasteiger partial charge in [0.25, 0.3) is 5.91 Å². The Morgan fingerprint density at radius 2 is 2.12 bits per heavy atom. The van der Waals surface area contributed by atoms with Crippen LogP contribution in [0.2, 0.25) is 0 Å². The number of hydrogen-bond donors (Lipinski definition) is 0. The summed E-state index contributed by atoms with van der Waals surface area (Å²) in [5.74, 6) is -0.928. The van der Waals surface area contributed by atoms with Gasteiger partial charge in [-0.15, -0.1) is 0 Å². The highest BCUT2D eigenvalue weighted by Crippen LogP contribution is 2.36. The summed E-state index contributed by atoms with van der Waals surface area (Å²) in [4.78, 5) is 27.1. The molecule has 26 heavy (non-hydrogen) atoms. The van der Waals surface area contributed by atoms with Crippen LogP contribution in [0.25, 0.3) is 0 Å². The SMILES string of the molecule is CCOC(=O)[C@]1(Cc2ccccc2F)CCCN(C(=O)c2ccoc2)C1. The smallest absolute Gasteiger partial charge is 0.314 e. The number of nitrogens with zero attached hydrogens (tertiary/aromatic N) is 1. The second-order valence-electron chi connectivity index (χ2n) is 6.61. The number of carbonyl (C=O) groups excluding carboxylic acids is 2. The van der Waals surface area contributed by atoms with E-state index in [2.05, 4.69) is 0 Å². The number of benzene rings is 1. The molecule has 0 radical (unpaired) electrons. The Hall–Kier alpha value is -2.63. The number of carbonyl (C=O) groups is 2. The van der Waals surface area contributed by atoms with Crippen LogP contribution in [-0.2, 0) is 16.0 Å². The van der Waals surface area contributed by atoms with Gasteiger partial charge in [0.2, 0.25) is 0 Å². The summed E-state index contributed by atoms with van der Waals surface area (Å²) < 4.78 is 24.5. The van der Waals surface area contributed by atoms with Crippen molar-refractivity contribution >= 4 is 11.9 Å². The third kappa shape index (κ3) is 3.64. The Balaban J connectivity index is 1.89. The average Bonchev–Trinajstić information content (AvgIpc) is 3.18. The lowest BCUT2D eigenvalue weighted by atomic mass is 9.74. The van der Waals surface area contributed by atoms with Gasteiger partial charge < -0.3 is 14.1 Å². The van der Waals surface area contributed by atoms with Crippen LogP contribution in [0.1, 0.15) is 35.7 Å². The summed E-state index contributed by atoms with van der Waals surface area (Å²) >= 11 is 0. The first-order chi connectivity index (χ1) is 12.6. The highest BCUT2D eigenvalue weighted by atomic mass is 19.1. The molecule has 2 heterocycles. The lowest BCUT2D eigenvalue weighted by Crippen LogP contribution is -2.51. The predicted octanol–water partition coefficient (Wildman–Crippen LogP) is 3.45. The van der Waals surface area contributed by atoms with E-state index in [9.17, 15) is 14.0 Å². The van der Waals surface area contributed by atoms with Gasteiger partial charge >= 0.3 is 5.97 Å². The van der Waals surface area contributed by atoms with Crippen molar-refractivity contribution in [2.75, 3.05) is 19.7 Å². The summed E-state index contributed by atoms with van der Waals surface area (Å²) in [6, 6.07) is 8.01. The molecule has 1 aliphatic rings. The van der Waals surface area contributed by atoms with E-state index in [-0.39, 0.29) is 37.3 Å². The van der Waals surface area contributed by atoms with E-state index >= 15 is 0 Å². The van der Waals surface area contributed by atoms with E-state index in [1.54, 1.807) is 36.1 Å². The minimum atomic E-state index is -0.949. The third-order valence-electron chi connectivity index (χ3n) is 4.83. The van der Waals surface area contributed by atoms with Gasteiger partial charge in [-0.05, 0) is 43.9 Å². The number of esters is 1. The molecule has 1 fully saturated rings. The fourth-order valence-corrected chi connectivity index (χ4v) is 3.55. The van der Waals surface area contributed by atoms with Gasteiger partial charge in [0.1, 0.15) is 12.1 Å². The third-order valence-corrected chi connectivity index (χ3v) is 4.83. The molecule has 2 aromatic rings. The molecule has 0 N–H and O–H groups in total. The molecule has 1 aromatic carbocycles. The molecular formula is C20H22FNO4. The quantitative estimate of drug-likeness (QED) is 0.767. The van der Waals surface area contributed by atoms with Gasteiger partial charge in [-0.25, -0.2) is 4.39 Å². The Bertz CT molecular complexity index is 774. The molecular weight excluding hydrogens is 337 g/mol. The molecule has 3 rings (SSSR count). The van der Waals surface area contributed by atoms with E-state index in [1.165, 1.54) is 18.6 Å². The molecule has 138 valence electrons. The summed E-state index contributed by atoms with van der Waals surface area (Å²) in [7, 11) is 0. The van der Waals surface area contributed by atoms with E-state index < -0.39 is 5.41 Å². The number of furan rings is 1. The van der Waals surface area contributed by atoms with Crippen molar-refractivity contribution < 1.29 is 23.1 Å². The van der Waals surface area contributed by atoms with E-state index in [0.717, 1.165) is 0 Å². The average molecular weight is 359 g/mol. The van der Waals surface area contributed by atoms with E-state index in [0.29, 0.717) is 30.5 Å². The zero-order chi connectivity index (χ0) is 18.6. The standard InChI is InChI=1S/C20H22FNO4/c1-2-26-19(24)20(12-15-6-3-4-7-17(15)21)9-5-10-22(14-20)18(23)16-8-11-25-13-16/h3-4,6-8,11,13H,2,5,9-10,12,14H2,1H3/t20-/m0/s1. The van der Waals surface area contributed by atoms with Crippen molar-refractivity contribution in [3.05, 3.63) is 59.8 Å². The molecule has 0 unspecified atom stereocenters. The lowest BCUT2D eigenvalue weighted by Gasteiger charge is -2.41. The first-order valence-electron chi connectivity index (χ1n) is 8.78. The molecule has 1 aliphatic heterocycles. The maximum Gasteiger partial charge on any atom is 0.314 e. The van der Waals surface area contributed by atoms with Crippen LogP contribution in [-0.4, -0.2) is 36.5 Å². The number of piperidine rings is 1. The van der Waals surface area contributed by atoms with E-state index in [1.807, 2.05) is 0 Å². The number of hydrogen-bond acceptors (Lipinski definition) is 4. The number of ether oxygens (including phenoxy) is 1. The number of likely N-dealkylation sites (tertiary alicyclic amines) is 1. The van der Waals surface area contributed by atoms with Crippen LogP contribution in [0.3, 0.4) is 0 Å². The Kier molecular flexibility index (Phi) is 5.40. The maximum atomic E-state index is 14.2. The maximum absolute atomic E-state index is 14.2. The van der Waals surface area contributed by atoms with Crippen molar-refractivity contribution in [1.29, 1.82) is 0 Å². The zero-order valence-corrected chi connectivity index (χ0v) is 14.7. The highest BCUT2D eigenvalue weighted by Gasteiger charge is 2.45. The first kappa shape index (κ1) is 18.2. The second kappa shape index (κ2) is 7.72. The zero-order valence-electron chi connectivity index (χ0n) is 14.7. The summed E-state index contributed by atoms with van der Waals surface area (Å²) in [5.41, 5.74) is -0.0516. The second-order valence-corrected chi connectivity index (χ2v) is 6.61. The van der Waals surface area contributed by atoms with Gasteiger partial charge in [-0.1, -0.05) is 18.2 Å². The van der Waals surface area contributed by atoms with E-state index in [4.69, 9.17) is 9.15 Å². The van der Waals surface area contributed by atoms with Crippen molar-refractivity contribution in [2.24, 2.45) is 5.41 Å². The van der Waals surface area contributed by atoms with Crippen LogP contribution in [0, 0.1) is 11.2 Å². The van der Waals surface area contributed by atoms with Crippen LogP contribution in [0.5, 0.6) is 0 Å². The van der Waals surface area contributed by atoms with Gasteiger partial charge in [0.05, 0.1) is 23.8 Å². The molecule has 0 spiro atoms. The topological polar surface area (TPSA) is 59.8 Å². The van der Waals surface area contributed by atoms with Crippen molar-refractivity contribution in [1.82, 2.24) is 4.90 Å². The van der Waals surface area contributed by atoms with Gasteiger partial charge in [0.15, 0.2) is 0 Å². The molecule has 1 aromatic heterocycles. The molecule has 0 bridgehead atoms. The largest absolute Gasteiger partial charge is 0.472 e. The van der Waals surface area contributed by atoms with Gasteiger partial charge in [0, 0.05) is 13.1 Å². The highest BCUT2D eigenvalue weighted by molar-refractivity contribution is 5.94. The first-order valence-corrected chi connectivity index (χ1v) is 8.78. The summed E-state index contributed by atoms with van der Waals surface area (Å²) in [5, 5.41) is 0. The minimum absolute atomic E-state index is 0.194. The number of halogens is 1. The van der Waals surface area contributed by atoms with Crippen LogP contribution >= 0.6 is 0 Å². The number of rotatable bonds is 5. The monoisotopic (exact) mass is 359 g/mol. The van der Waals surface area contributed by atoms with Crippen molar-refractivity contribution in [3.63, 3.8) is 0 Å². The van der Waals surface area contributed by atoms with Crippen LogP contribution < -0.4 is 0 Å². The number of amides is 1. The molecule has 5 nitrogen and oxygen atoms in total. The van der Waals surface area contributed by atoms with Gasteiger partial charge in [-0.3, -0.25) is 9.59 Å². The fourth-order valence-electron chi connectivity index (χ4n) is 3.55. The van der Waals surface area contributed by atoms with Gasteiger partial charge in [-0.2, -0.15) is 0 Å². The van der Waals surface area contributed by atoms with Crippen molar-refractivity contribution in [3.8, 4) is 0 Å². The summed E-state index contributed by atoms with van der Waals surface area (Å²) in [6.07, 6.45) is 4.23. The lowest BCUT2D eigenvalue weighted by molar-refractivity contribution is -0.158. The molecule has 1 saturated heterocycles. The molecule has 0 aliphatic carbocycles. The summed E-state index contributed by atoms with van der Waals surface area (Å²) in [6.45, 7) is 2.73. The molecule has 0 saturated carbocycles. The predicted molar refractivity (Wildman–Crippen MR) is 93.0 cm³/mol. The van der Waals surface area contributed by atoms with Crippen LogP contribution in [0.15, 0.2) is 47.3 Å². The van der Waals surface area contributed by atoms with Crippen LogP contribution in [0.4, 0.5) is 4.39 Å². The molecule has 1 atom stereocenters. The normalized spacial score (nSPS) is 20.0. The Morgan fingerprint density at radius 1 is 1.31 bits per heavy atom. The molecule has 1 amide bonds. The van der Waals surface area contributed by atoms with Crippen molar-refractivity contribution in [2.45, 2.75) is 26.2 Å². The Morgan fingerprint density at radius 3 is 2.81 bits per heavy atom. The fraction of sp³-hybridized carbons (Fsp3) is 0.400.